The molecule has 0 aliphatic carbocycles. The largest absolute Gasteiger partial charge is 0.340 e. The van der Waals surface area contributed by atoms with E-state index >= 15 is 0 Å². The van der Waals surface area contributed by atoms with Crippen LogP contribution >= 0.6 is 0 Å². The van der Waals surface area contributed by atoms with Gasteiger partial charge < -0.3 is 5.32 Å². The number of non-ortho nitro benzene ring substituents is 1. The van der Waals surface area contributed by atoms with Gasteiger partial charge in [0.25, 0.3) is 5.69 Å². The van der Waals surface area contributed by atoms with Gasteiger partial charge in [-0.05, 0) is 37.6 Å². The van der Waals surface area contributed by atoms with Crippen molar-refractivity contribution in [2.75, 3.05) is 5.32 Å². The Kier molecular flexibility index (Phi) is 3.50. The van der Waals surface area contributed by atoms with Gasteiger partial charge >= 0.3 is 0 Å². The normalized spacial score (nSPS) is 10.8. The zero-order valence-corrected chi connectivity index (χ0v) is 12.4. The van der Waals surface area contributed by atoms with Crippen LogP contribution in [0.25, 0.3) is 5.65 Å². The van der Waals surface area contributed by atoms with Gasteiger partial charge in [-0.25, -0.2) is 4.98 Å². The maximum absolute atomic E-state index is 10.7. The molecule has 0 radical (unpaired) electrons. The van der Waals surface area contributed by atoms with E-state index in [-0.39, 0.29) is 5.69 Å². The third-order valence-electron chi connectivity index (χ3n) is 3.59. The smallest absolute Gasteiger partial charge is 0.269 e. The van der Waals surface area contributed by atoms with E-state index in [9.17, 15) is 10.1 Å². The molecule has 3 aromatic rings. The predicted molar refractivity (Wildman–Crippen MR) is 85.7 cm³/mol. The highest BCUT2D eigenvalue weighted by molar-refractivity contribution is 5.65. The molecule has 0 aliphatic rings. The maximum atomic E-state index is 10.7. The lowest BCUT2D eigenvalue weighted by Crippen LogP contribution is -2.00. The van der Waals surface area contributed by atoms with Crippen molar-refractivity contribution in [3.05, 3.63) is 64.0 Å². The summed E-state index contributed by atoms with van der Waals surface area (Å²) in [7, 11) is 0. The van der Waals surface area contributed by atoms with Crippen LogP contribution in [0, 0.1) is 17.0 Å². The number of aromatic nitrogens is 2. The molecule has 22 heavy (non-hydrogen) atoms. The predicted octanol–water partition coefficient (Wildman–Crippen LogP) is 3.86. The first-order valence-corrected chi connectivity index (χ1v) is 7.08. The second kappa shape index (κ2) is 5.48. The Morgan fingerprint density at radius 1 is 1.23 bits per heavy atom. The summed E-state index contributed by atoms with van der Waals surface area (Å²) >= 11 is 0. The first-order valence-electron chi connectivity index (χ1n) is 7.08. The van der Waals surface area contributed by atoms with Crippen molar-refractivity contribution < 1.29 is 4.92 Å². The van der Waals surface area contributed by atoms with Gasteiger partial charge in [-0.2, -0.15) is 0 Å². The highest BCUT2D eigenvalue weighted by Crippen LogP contribution is 2.25. The molecule has 0 spiro atoms. The zero-order valence-electron chi connectivity index (χ0n) is 12.4. The monoisotopic (exact) mass is 296 g/mol. The highest BCUT2D eigenvalue weighted by atomic mass is 16.6. The fourth-order valence-electron chi connectivity index (χ4n) is 2.48. The minimum absolute atomic E-state index is 0.0792. The number of anilines is 2. The molecule has 3 rings (SSSR count). The van der Waals surface area contributed by atoms with Gasteiger partial charge in [0.1, 0.15) is 11.5 Å². The van der Waals surface area contributed by atoms with E-state index in [0.29, 0.717) is 0 Å². The van der Waals surface area contributed by atoms with Crippen molar-refractivity contribution in [2.24, 2.45) is 0 Å². The Morgan fingerprint density at radius 3 is 2.59 bits per heavy atom. The molecular weight excluding hydrogens is 280 g/mol. The van der Waals surface area contributed by atoms with Crippen LogP contribution in [0.15, 0.2) is 42.5 Å². The molecule has 0 unspecified atom stereocenters. The molecule has 0 atom stereocenters. The molecule has 0 bridgehead atoms. The summed E-state index contributed by atoms with van der Waals surface area (Å²) < 4.78 is 2.06. The van der Waals surface area contributed by atoms with Crippen molar-refractivity contribution in [1.82, 2.24) is 9.38 Å². The summed E-state index contributed by atoms with van der Waals surface area (Å²) in [4.78, 5) is 14.9. The van der Waals surface area contributed by atoms with Crippen LogP contribution in [0.1, 0.15) is 18.3 Å². The molecule has 0 fully saturated rings. The topological polar surface area (TPSA) is 72.5 Å². The lowest BCUT2D eigenvalue weighted by atomic mass is 10.2. The number of hydrogen-bond acceptors (Lipinski definition) is 4. The van der Waals surface area contributed by atoms with Gasteiger partial charge in [-0.15, -0.1) is 0 Å². The van der Waals surface area contributed by atoms with Crippen molar-refractivity contribution in [2.45, 2.75) is 20.3 Å². The molecule has 0 amide bonds. The van der Waals surface area contributed by atoms with Crippen LogP contribution in [0.5, 0.6) is 0 Å². The number of aryl methyl sites for hydroxylation is 2. The summed E-state index contributed by atoms with van der Waals surface area (Å²) in [5.74, 6) is 0.907. The quantitative estimate of drug-likeness (QED) is 0.586. The van der Waals surface area contributed by atoms with Crippen LogP contribution in [0.2, 0.25) is 0 Å². The number of rotatable bonds is 4. The molecule has 0 aliphatic heterocycles. The number of imidazole rings is 1. The number of nitrogens with one attached hydrogen (secondary N) is 1. The molecular formula is C16H16N4O2. The number of hydrogen-bond donors (Lipinski definition) is 1. The van der Waals surface area contributed by atoms with Crippen molar-refractivity contribution >= 4 is 22.8 Å². The van der Waals surface area contributed by atoms with E-state index in [4.69, 9.17) is 0 Å². The van der Waals surface area contributed by atoms with Gasteiger partial charge in [0.05, 0.1) is 10.6 Å². The van der Waals surface area contributed by atoms with E-state index in [2.05, 4.69) is 21.6 Å². The molecule has 1 aromatic carbocycles. The first-order chi connectivity index (χ1) is 10.6. The number of nitrogens with zero attached hydrogens (tertiary/aromatic N) is 3. The van der Waals surface area contributed by atoms with Gasteiger partial charge in [-0.3, -0.25) is 14.5 Å². The summed E-state index contributed by atoms with van der Waals surface area (Å²) in [5.41, 5.74) is 3.81. The van der Waals surface area contributed by atoms with Gasteiger partial charge in [0.15, 0.2) is 0 Å². The highest BCUT2D eigenvalue weighted by Gasteiger charge is 2.13. The lowest BCUT2D eigenvalue weighted by molar-refractivity contribution is -0.384. The fourth-order valence-corrected chi connectivity index (χ4v) is 2.48. The fraction of sp³-hybridized carbons (Fsp3) is 0.188. The van der Waals surface area contributed by atoms with E-state index in [1.165, 1.54) is 12.1 Å². The van der Waals surface area contributed by atoms with Crippen LogP contribution in [-0.2, 0) is 6.42 Å². The van der Waals surface area contributed by atoms with E-state index in [0.717, 1.165) is 35.0 Å². The lowest BCUT2D eigenvalue weighted by Gasteiger charge is -2.09. The van der Waals surface area contributed by atoms with E-state index in [1.54, 1.807) is 12.1 Å². The molecule has 6 heteroatoms. The third-order valence-corrected chi connectivity index (χ3v) is 3.59. The molecule has 2 heterocycles. The number of pyridine rings is 1. The third kappa shape index (κ3) is 2.39. The Balaban J connectivity index is 2.04. The number of nitro benzene ring substituents is 1. The number of benzene rings is 1. The molecule has 0 saturated heterocycles. The van der Waals surface area contributed by atoms with E-state index < -0.39 is 4.92 Å². The average molecular weight is 296 g/mol. The number of nitro groups is 1. The maximum Gasteiger partial charge on any atom is 0.269 e. The summed E-state index contributed by atoms with van der Waals surface area (Å²) in [6, 6.07) is 12.4. The Morgan fingerprint density at radius 2 is 1.95 bits per heavy atom. The average Bonchev–Trinajstić information content (AvgIpc) is 2.87. The summed E-state index contributed by atoms with van der Waals surface area (Å²) in [5, 5.41) is 14.1. The molecule has 6 nitrogen and oxygen atoms in total. The Bertz CT molecular complexity index is 837. The van der Waals surface area contributed by atoms with Gasteiger partial charge in [0, 0.05) is 23.5 Å². The van der Waals surface area contributed by atoms with Crippen LogP contribution < -0.4 is 5.32 Å². The SMILES string of the molecule is CCc1nc2cccc(C)n2c1Nc1ccc([N+](=O)[O-])cc1. The van der Waals surface area contributed by atoms with Crippen LogP contribution in [-0.4, -0.2) is 14.3 Å². The zero-order chi connectivity index (χ0) is 15.7. The first kappa shape index (κ1) is 14.1. The standard InChI is InChI=1S/C16H16N4O2/c1-3-14-16(19-11(2)5-4-6-15(19)18-14)17-12-7-9-13(10-8-12)20(21)22/h4-10,17H,3H2,1-2H3. The molecule has 1 N–H and O–H groups in total. The minimum Gasteiger partial charge on any atom is -0.340 e. The van der Waals surface area contributed by atoms with Gasteiger partial charge in [0.2, 0.25) is 0 Å². The second-order valence-corrected chi connectivity index (χ2v) is 5.05. The Hall–Kier alpha value is -2.89. The van der Waals surface area contributed by atoms with E-state index in [1.807, 2.05) is 25.1 Å². The minimum atomic E-state index is -0.403. The summed E-state index contributed by atoms with van der Waals surface area (Å²) in [6.45, 7) is 4.08. The van der Waals surface area contributed by atoms with Crippen LogP contribution in [0.4, 0.5) is 17.2 Å². The van der Waals surface area contributed by atoms with Crippen molar-refractivity contribution in [3.63, 3.8) is 0 Å². The second-order valence-electron chi connectivity index (χ2n) is 5.05. The van der Waals surface area contributed by atoms with Crippen LogP contribution in [0.3, 0.4) is 0 Å². The number of fused-ring (bicyclic) bond motifs is 1. The molecule has 2 aromatic heterocycles. The Labute approximate surface area is 127 Å². The van der Waals surface area contributed by atoms with Gasteiger partial charge in [-0.1, -0.05) is 13.0 Å². The van der Waals surface area contributed by atoms with Crippen molar-refractivity contribution in [3.8, 4) is 0 Å². The molecule has 0 saturated carbocycles. The van der Waals surface area contributed by atoms with Crippen molar-refractivity contribution in [1.29, 1.82) is 0 Å². The summed E-state index contributed by atoms with van der Waals surface area (Å²) in [6.07, 6.45) is 0.802. The molecule has 112 valence electrons.